The Balaban J connectivity index is 1.68. The van der Waals surface area contributed by atoms with Crippen LogP contribution in [0.1, 0.15) is 36.9 Å². The highest BCUT2D eigenvalue weighted by molar-refractivity contribution is 7.88. The van der Waals surface area contributed by atoms with Gasteiger partial charge in [-0.2, -0.15) is 4.31 Å². The standard InChI is InChI=1S/C23H31N3O3S/c1-18-8-7-15-26(17-18)21-13-11-19(12-14-21)16-24-23(27)22(25(2)30(3,28)29)20-9-5-4-6-10-20/h4-6,9-14,18,22H,7-8,15-17H2,1-3H3,(H,24,27)/t18-,22+/m0/s1. The largest absolute Gasteiger partial charge is 0.371 e. The minimum absolute atomic E-state index is 0.344. The Kier molecular flexibility index (Phi) is 7.15. The van der Waals surface area contributed by atoms with E-state index in [4.69, 9.17) is 0 Å². The molecule has 2 atom stereocenters. The van der Waals surface area contributed by atoms with E-state index in [-0.39, 0.29) is 5.91 Å². The number of amides is 1. The maximum absolute atomic E-state index is 12.9. The van der Waals surface area contributed by atoms with Gasteiger partial charge in [-0.15, -0.1) is 0 Å². The summed E-state index contributed by atoms with van der Waals surface area (Å²) in [4.78, 5) is 15.3. The molecule has 0 bridgehead atoms. The molecule has 2 aromatic rings. The molecule has 0 aliphatic carbocycles. The number of hydrogen-bond donors (Lipinski definition) is 1. The van der Waals surface area contributed by atoms with E-state index in [2.05, 4.69) is 29.3 Å². The van der Waals surface area contributed by atoms with Crippen LogP contribution in [-0.2, 0) is 21.4 Å². The van der Waals surface area contributed by atoms with Crippen LogP contribution in [0, 0.1) is 5.92 Å². The van der Waals surface area contributed by atoms with Gasteiger partial charge in [0.15, 0.2) is 0 Å². The number of nitrogens with one attached hydrogen (secondary N) is 1. The predicted octanol–water partition coefficient (Wildman–Crippen LogP) is 3.17. The summed E-state index contributed by atoms with van der Waals surface area (Å²) in [5.74, 6) is 0.363. The van der Waals surface area contributed by atoms with E-state index in [1.807, 2.05) is 18.2 Å². The zero-order chi connectivity index (χ0) is 21.7. The number of rotatable bonds is 7. The fourth-order valence-corrected chi connectivity index (χ4v) is 4.49. The number of hydrogen-bond acceptors (Lipinski definition) is 4. The van der Waals surface area contributed by atoms with Crippen LogP contribution >= 0.6 is 0 Å². The Morgan fingerprint density at radius 3 is 2.43 bits per heavy atom. The zero-order valence-corrected chi connectivity index (χ0v) is 18.7. The number of carbonyl (C=O) groups excluding carboxylic acids is 1. The topological polar surface area (TPSA) is 69.7 Å². The number of benzene rings is 2. The van der Waals surface area contributed by atoms with Crippen LogP contribution < -0.4 is 10.2 Å². The summed E-state index contributed by atoms with van der Waals surface area (Å²) >= 11 is 0. The van der Waals surface area contributed by atoms with Crippen LogP contribution in [0.4, 0.5) is 5.69 Å². The molecule has 0 radical (unpaired) electrons. The summed E-state index contributed by atoms with van der Waals surface area (Å²) < 4.78 is 25.3. The highest BCUT2D eigenvalue weighted by Gasteiger charge is 2.30. The second-order valence-electron chi connectivity index (χ2n) is 8.17. The van der Waals surface area contributed by atoms with Crippen LogP contribution in [0.2, 0.25) is 0 Å². The number of likely N-dealkylation sites (N-methyl/N-ethyl adjacent to an activating group) is 1. The Morgan fingerprint density at radius 2 is 1.83 bits per heavy atom. The van der Waals surface area contributed by atoms with Crippen molar-refractivity contribution in [1.29, 1.82) is 0 Å². The first-order valence-corrected chi connectivity index (χ1v) is 12.2. The third-order valence-electron chi connectivity index (χ3n) is 5.68. The average molecular weight is 430 g/mol. The molecule has 1 N–H and O–H groups in total. The van der Waals surface area contributed by atoms with Gasteiger partial charge in [0.25, 0.3) is 0 Å². The fourth-order valence-electron chi connectivity index (χ4n) is 3.89. The SMILES string of the molecule is C[C@H]1CCCN(c2ccc(CNC(=O)[C@@H](c3ccccc3)N(C)S(C)(=O)=O)cc2)C1. The molecule has 30 heavy (non-hydrogen) atoms. The number of piperidine rings is 1. The predicted molar refractivity (Wildman–Crippen MR) is 121 cm³/mol. The number of anilines is 1. The molecule has 7 heteroatoms. The van der Waals surface area contributed by atoms with Crippen LogP contribution in [0.5, 0.6) is 0 Å². The van der Waals surface area contributed by atoms with Crippen LogP contribution in [0.3, 0.4) is 0 Å². The molecule has 6 nitrogen and oxygen atoms in total. The van der Waals surface area contributed by atoms with Gasteiger partial charge in [0.1, 0.15) is 6.04 Å². The lowest BCUT2D eigenvalue weighted by molar-refractivity contribution is -0.124. The van der Waals surface area contributed by atoms with Gasteiger partial charge in [-0.25, -0.2) is 8.42 Å². The fraction of sp³-hybridized carbons (Fsp3) is 0.435. The lowest BCUT2D eigenvalue weighted by Gasteiger charge is -2.32. The second kappa shape index (κ2) is 9.62. The summed E-state index contributed by atoms with van der Waals surface area (Å²) in [6, 6.07) is 16.3. The van der Waals surface area contributed by atoms with Gasteiger partial charge in [0.05, 0.1) is 6.26 Å². The normalized spacial score (nSPS) is 18.3. The Hall–Kier alpha value is -2.38. The first-order chi connectivity index (χ1) is 14.3. The molecule has 1 aliphatic heterocycles. The molecular weight excluding hydrogens is 398 g/mol. The molecule has 2 aromatic carbocycles. The van der Waals surface area contributed by atoms with Crippen molar-refractivity contribution >= 4 is 21.6 Å². The van der Waals surface area contributed by atoms with Gasteiger partial charge in [0.2, 0.25) is 15.9 Å². The van der Waals surface area contributed by atoms with E-state index in [1.165, 1.54) is 25.6 Å². The third-order valence-corrected chi connectivity index (χ3v) is 6.93. The molecule has 0 spiro atoms. The number of nitrogens with zero attached hydrogens (tertiary/aromatic N) is 2. The van der Waals surface area contributed by atoms with E-state index < -0.39 is 16.1 Å². The minimum Gasteiger partial charge on any atom is -0.371 e. The van der Waals surface area contributed by atoms with Crippen LogP contribution in [0.25, 0.3) is 0 Å². The van der Waals surface area contributed by atoms with E-state index >= 15 is 0 Å². The molecule has 1 heterocycles. The Bertz CT molecular complexity index is 945. The van der Waals surface area contributed by atoms with Crippen molar-refractivity contribution in [2.45, 2.75) is 32.4 Å². The smallest absolute Gasteiger partial charge is 0.243 e. The van der Waals surface area contributed by atoms with Gasteiger partial charge in [-0.1, -0.05) is 49.4 Å². The highest BCUT2D eigenvalue weighted by atomic mass is 32.2. The Morgan fingerprint density at radius 1 is 1.17 bits per heavy atom. The molecule has 1 saturated heterocycles. The maximum Gasteiger partial charge on any atom is 0.243 e. The third kappa shape index (κ3) is 5.61. The number of sulfonamides is 1. The van der Waals surface area contributed by atoms with Crippen molar-refractivity contribution < 1.29 is 13.2 Å². The van der Waals surface area contributed by atoms with Gasteiger partial charge < -0.3 is 10.2 Å². The Labute approximate surface area is 179 Å². The first-order valence-electron chi connectivity index (χ1n) is 10.4. The van der Waals surface area contributed by atoms with Crippen molar-refractivity contribution in [2.75, 3.05) is 31.3 Å². The lowest BCUT2D eigenvalue weighted by Crippen LogP contribution is -2.41. The summed E-state index contributed by atoms with van der Waals surface area (Å²) in [6.07, 6.45) is 3.61. The first kappa shape index (κ1) is 22.3. The average Bonchev–Trinajstić information content (AvgIpc) is 2.73. The summed E-state index contributed by atoms with van der Waals surface area (Å²) in [5, 5.41) is 2.90. The van der Waals surface area contributed by atoms with Crippen molar-refractivity contribution in [2.24, 2.45) is 5.92 Å². The molecule has 1 amide bonds. The summed E-state index contributed by atoms with van der Waals surface area (Å²) in [7, 11) is -2.10. The van der Waals surface area contributed by atoms with Crippen LogP contribution in [-0.4, -0.2) is 45.0 Å². The zero-order valence-electron chi connectivity index (χ0n) is 17.9. The molecule has 0 saturated carbocycles. The van der Waals surface area contributed by atoms with Gasteiger partial charge in [0, 0.05) is 32.4 Å². The van der Waals surface area contributed by atoms with E-state index in [9.17, 15) is 13.2 Å². The summed E-state index contributed by atoms with van der Waals surface area (Å²) in [6.45, 7) is 4.78. The van der Waals surface area contributed by atoms with E-state index in [1.54, 1.807) is 24.3 Å². The van der Waals surface area contributed by atoms with Crippen molar-refractivity contribution in [3.63, 3.8) is 0 Å². The van der Waals surface area contributed by atoms with E-state index in [0.29, 0.717) is 18.0 Å². The monoisotopic (exact) mass is 429 g/mol. The van der Waals surface area contributed by atoms with Gasteiger partial charge in [-0.3, -0.25) is 4.79 Å². The molecule has 0 aromatic heterocycles. The molecule has 162 valence electrons. The molecular formula is C23H31N3O3S. The van der Waals surface area contributed by atoms with Crippen LogP contribution in [0.15, 0.2) is 54.6 Å². The quantitative estimate of drug-likeness (QED) is 0.734. The van der Waals surface area contributed by atoms with Gasteiger partial charge in [-0.05, 0) is 42.0 Å². The van der Waals surface area contributed by atoms with Gasteiger partial charge >= 0.3 is 0 Å². The molecule has 1 aliphatic rings. The van der Waals surface area contributed by atoms with Crippen molar-refractivity contribution in [1.82, 2.24) is 9.62 Å². The second-order valence-corrected chi connectivity index (χ2v) is 10.2. The molecule has 0 unspecified atom stereocenters. The maximum atomic E-state index is 12.9. The highest BCUT2D eigenvalue weighted by Crippen LogP contribution is 2.24. The molecule has 1 fully saturated rings. The molecule has 3 rings (SSSR count). The number of carbonyl (C=O) groups is 1. The minimum atomic E-state index is -3.53. The summed E-state index contributed by atoms with van der Waals surface area (Å²) in [5.41, 5.74) is 2.82. The van der Waals surface area contributed by atoms with Crippen molar-refractivity contribution in [3.05, 3.63) is 65.7 Å². The van der Waals surface area contributed by atoms with E-state index in [0.717, 1.165) is 29.2 Å². The van der Waals surface area contributed by atoms with Crippen molar-refractivity contribution in [3.8, 4) is 0 Å². The lowest BCUT2D eigenvalue weighted by atomic mass is 9.99.